The van der Waals surface area contributed by atoms with Crippen LogP contribution in [0.4, 0.5) is 19.0 Å². The number of pyridine rings is 1. The number of aliphatic hydroxyl groups excluding tert-OH is 1. The molecule has 0 bridgehead atoms. The molecule has 2 aliphatic rings. The number of carbonyl (C=O) groups is 1. The molecule has 7 heteroatoms. The molecule has 2 heterocycles. The lowest BCUT2D eigenvalue weighted by atomic mass is 10.0. The maximum absolute atomic E-state index is 12.8. The molecule has 114 valence electrons. The van der Waals surface area contributed by atoms with Gasteiger partial charge in [-0.1, -0.05) is 0 Å². The van der Waals surface area contributed by atoms with E-state index in [9.17, 15) is 18.0 Å². The lowest BCUT2D eigenvalue weighted by molar-refractivity contribution is -0.137. The van der Waals surface area contributed by atoms with E-state index < -0.39 is 17.2 Å². The van der Waals surface area contributed by atoms with Crippen molar-refractivity contribution in [2.24, 2.45) is 11.3 Å². The van der Waals surface area contributed by atoms with Crippen molar-refractivity contribution in [3.63, 3.8) is 0 Å². The summed E-state index contributed by atoms with van der Waals surface area (Å²) in [4.78, 5) is 17.8. The Hall–Kier alpha value is -1.63. The number of halogens is 3. The number of aryl methyl sites for hydroxylation is 1. The highest BCUT2D eigenvalue weighted by Crippen LogP contribution is 2.59. The van der Waals surface area contributed by atoms with E-state index in [1.54, 1.807) is 0 Å². The first-order chi connectivity index (χ1) is 9.78. The molecule has 1 spiro atoms. The molecule has 2 fully saturated rings. The van der Waals surface area contributed by atoms with Crippen LogP contribution in [-0.2, 0) is 11.0 Å². The van der Waals surface area contributed by atoms with E-state index in [-0.39, 0.29) is 29.9 Å². The lowest BCUT2D eigenvalue weighted by Crippen LogP contribution is -2.30. The third-order valence-corrected chi connectivity index (χ3v) is 4.45. The average molecular weight is 300 g/mol. The molecule has 1 N–H and O–H groups in total. The molecule has 1 aromatic rings. The Bertz CT molecular complexity index is 602. The van der Waals surface area contributed by atoms with E-state index >= 15 is 0 Å². The van der Waals surface area contributed by atoms with E-state index in [0.717, 1.165) is 12.1 Å². The van der Waals surface area contributed by atoms with Crippen molar-refractivity contribution in [1.82, 2.24) is 4.98 Å². The van der Waals surface area contributed by atoms with Gasteiger partial charge < -0.3 is 5.11 Å². The summed E-state index contributed by atoms with van der Waals surface area (Å²) in [5.41, 5.74) is -1.14. The first kappa shape index (κ1) is 14.3. The third kappa shape index (κ3) is 2.19. The number of hydrogen-bond donors (Lipinski definition) is 1. The molecule has 3 rings (SSSR count). The van der Waals surface area contributed by atoms with Crippen molar-refractivity contribution < 1.29 is 23.1 Å². The van der Waals surface area contributed by atoms with Gasteiger partial charge >= 0.3 is 6.18 Å². The van der Waals surface area contributed by atoms with Crippen LogP contribution in [0.1, 0.15) is 24.1 Å². The molecular weight excluding hydrogens is 285 g/mol. The van der Waals surface area contributed by atoms with Crippen LogP contribution in [0, 0.1) is 18.3 Å². The zero-order valence-corrected chi connectivity index (χ0v) is 11.4. The Morgan fingerprint density at radius 1 is 1.48 bits per heavy atom. The Balaban J connectivity index is 1.92. The molecule has 0 aromatic carbocycles. The highest BCUT2D eigenvalue weighted by atomic mass is 19.4. The molecule has 2 atom stereocenters. The van der Waals surface area contributed by atoms with Gasteiger partial charge in [0.05, 0.1) is 11.0 Å². The van der Waals surface area contributed by atoms with Gasteiger partial charge in [-0.2, -0.15) is 13.2 Å². The predicted octanol–water partition coefficient (Wildman–Crippen LogP) is 2.14. The van der Waals surface area contributed by atoms with E-state index in [1.165, 1.54) is 11.8 Å². The maximum atomic E-state index is 12.8. The highest BCUT2D eigenvalue weighted by Gasteiger charge is 2.63. The van der Waals surface area contributed by atoms with Crippen molar-refractivity contribution in [2.45, 2.75) is 25.9 Å². The van der Waals surface area contributed by atoms with Gasteiger partial charge in [-0.3, -0.25) is 9.69 Å². The van der Waals surface area contributed by atoms with Crippen LogP contribution in [0.25, 0.3) is 0 Å². The number of nitrogens with zero attached hydrogens (tertiary/aromatic N) is 2. The zero-order valence-electron chi connectivity index (χ0n) is 11.4. The van der Waals surface area contributed by atoms with Gasteiger partial charge in [0.2, 0.25) is 5.91 Å². The summed E-state index contributed by atoms with van der Waals surface area (Å²) < 4.78 is 38.5. The minimum Gasteiger partial charge on any atom is -0.396 e. The summed E-state index contributed by atoms with van der Waals surface area (Å²) in [6.07, 6.45) is -3.29. The van der Waals surface area contributed by atoms with Crippen molar-refractivity contribution in [2.75, 3.05) is 18.1 Å². The van der Waals surface area contributed by atoms with Crippen LogP contribution in [0.5, 0.6) is 0 Å². The van der Waals surface area contributed by atoms with E-state index in [4.69, 9.17) is 5.11 Å². The molecule has 4 nitrogen and oxygen atoms in total. The van der Waals surface area contributed by atoms with Crippen LogP contribution >= 0.6 is 0 Å². The topological polar surface area (TPSA) is 53.4 Å². The second-order valence-electron chi connectivity index (χ2n) is 5.80. The van der Waals surface area contributed by atoms with E-state index in [0.29, 0.717) is 19.4 Å². The Morgan fingerprint density at radius 2 is 2.19 bits per heavy atom. The van der Waals surface area contributed by atoms with Crippen molar-refractivity contribution in [3.05, 3.63) is 23.4 Å². The number of rotatable bonds is 2. The molecule has 1 saturated heterocycles. The Kier molecular flexibility index (Phi) is 3.02. The average Bonchev–Trinajstić information content (AvgIpc) is 3.02. The normalized spacial score (nSPS) is 28.5. The molecular formula is C14H15F3N2O2. The minimum atomic E-state index is -4.46. The first-order valence-electron chi connectivity index (χ1n) is 6.76. The fourth-order valence-corrected chi connectivity index (χ4v) is 3.15. The van der Waals surface area contributed by atoms with Gasteiger partial charge in [0.1, 0.15) is 5.82 Å². The second kappa shape index (κ2) is 4.43. The number of aromatic nitrogens is 1. The molecule has 0 radical (unpaired) electrons. The number of alkyl halides is 3. The SMILES string of the molecule is Cc1cc(C(F)(F)F)cc(N2CCC3(CC3CO)C2=O)n1. The van der Waals surface area contributed by atoms with Crippen LogP contribution in [0.15, 0.2) is 12.1 Å². The van der Waals surface area contributed by atoms with Gasteiger partial charge in [0.15, 0.2) is 0 Å². The van der Waals surface area contributed by atoms with E-state index in [2.05, 4.69) is 4.98 Å². The lowest BCUT2D eigenvalue weighted by Gasteiger charge is -2.18. The summed E-state index contributed by atoms with van der Waals surface area (Å²) in [5.74, 6) is -0.234. The van der Waals surface area contributed by atoms with Crippen LogP contribution in [-0.4, -0.2) is 29.1 Å². The summed E-state index contributed by atoms with van der Waals surface area (Å²) in [6, 6.07) is 1.88. The largest absolute Gasteiger partial charge is 0.416 e. The monoisotopic (exact) mass is 300 g/mol. The predicted molar refractivity (Wildman–Crippen MR) is 68.6 cm³/mol. The highest BCUT2D eigenvalue weighted by molar-refractivity contribution is 6.01. The van der Waals surface area contributed by atoms with Gasteiger partial charge in [-0.25, -0.2) is 4.98 Å². The standard InChI is InChI=1S/C14H15F3N2O2/c1-8-4-9(14(15,16)17)5-11(18-8)19-3-2-13(12(19)21)6-10(13)7-20/h4-5,10,20H,2-3,6-7H2,1H3. The van der Waals surface area contributed by atoms with Gasteiger partial charge in [0, 0.05) is 18.8 Å². The minimum absolute atomic E-state index is 0.0489. The first-order valence-corrected chi connectivity index (χ1v) is 6.76. The molecule has 1 aliphatic carbocycles. The summed E-state index contributed by atoms with van der Waals surface area (Å²) in [6.45, 7) is 1.76. The van der Waals surface area contributed by atoms with Crippen molar-refractivity contribution in [1.29, 1.82) is 0 Å². The number of aliphatic hydroxyl groups is 1. The quantitative estimate of drug-likeness (QED) is 0.910. The molecule has 1 saturated carbocycles. The fraction of sp³-hybridized carbons (Fsp3) is 0.571. The van der Waals surface area contributed by atoms with Gasteiger partial charge in [0.25, 0.3) is 0 Å². The smallest absolute Gasteiger partial charge is 0.396 e. The molecule has 1 amide bonds. The molecule has 2 unspecified atom stereocenters. The number of hydrogen-bond acceptors (Lipinski definition) is 3. The van der Waals surface area contributed by atoms with Gasteiger partial charge in [-0.05, 0) is 37.8 Å². The molecule has 21 heavy (non-hydrogen) atoms. The van der Waals surface area contributed by atoms with Crippen LogP contribution in [0.3, 0.4) is 0 Å². The second-order valence-corrected chi connectivity index (χ2v) is 5.80. The third-order valence-electron chi connectivity index (χ3n) is 4.45. The zero-order chi connectivity index (χ0) is 15.4. The van der Waals surface area contributed by atoms with E-state index in [1.807, 2.05) is 0 Å². The summed E-state index contributed by atoms with van der Waals surface area (Å²) in [5, 5.41) is 9.17. The fourth-order valence-electron chi connectivity index (χ4n) is 3.15. The number of anilines is 1. The summed E-state index contributed by atoms with van der Waals surface area (Å²) in [7, 11) is 0. The maximum Gasteiger partial charge on any atom is 0.416 e. The number of carbonyl (C=O) groups excluding carboxylic acids is 1. The molecule has 1 aliphatic heterocycles. The van der Waals surface area contributed by atoms with Crippen LogP contribution < -0.4 is 4.90 Å². The van der Waals surface area contributed by atoms with Crippen molar-refractivity contribution >= 4 is 11.7 Å². The Labute approximate surface area is 119 Å². The Morgan fingerprint density at radius 3 is 2.76 bits per heavy atom. The number of amides is 1. The summed E-state index contributed by atoms with van der Waals surface area (Å²) >= 11 is 0. The van der Waals surface area contributed by atoms with Crippen LogP contribution in [0.2, 0.25) is 0 Å². The van der Waals surface area contributed by atoms with Crippen molar-refractivity contribution in [3.8, 4) is 0 Å². The van der Waals surface area contributed by atoms with Gasteiger partial charge in [-0.15, -0.1) is 0 Å². The molecule has 1 aromatic heterocycles.